The van der Waals surface area contributed by atoms with Gasteiger partial charge in [-0.3, -0.25) is 0 Å². The highest BCUT2D eigenvalue weighted by atomic mass is 16.5. The van der Waals surface area contributed by atoms with E-state index in [1.54, 1.807) is 14.0 Å². The molecular formula is C8H15N3O2. The van der Waals surface area contributed by atoms with Crippen LogP contribution < -0.4 is 5.32 Å². The van der Waals surface area contributed by atoms with Crippen molar-refractivity contribution in [3.8, 4) is 0 Å². The Morgan fingerprint density at radius 3 is 2.54 bits per heavy atom. The number of hydrogen-bond donors (Lipinski definition) is 1. The van der Waals surface area contributed by atoms with Crippen molar-refractivity contribution < 1.29 is 9.15 Å². The van der Waals surface area contributed by atoms with Crippen LogP contribution in [0.15, 0.2) is 4.42 Å². The number of ether oxygens (including phenoxy) is 1. The van der Waals surface area contributed by atoms with Crippen molar-refractivity contribution in [3.63, 3.8) is 0 Å². The van der Waals surface area contributed by atoms with Gasteiger partial charge in [-0.1, -0.05) is 5.10 Å². The van der Waals surface area contributed by atoms with E-state index >= 15 is 0 Å². The van der Waals surface area contributed by atoms with Crippen molar-refractivity contribution in [2.24, 2.45) is 0 Å². The molecule has 0 aliphatic carbocycles. The Morgan fingerprint density at radius 2 is 2.08 bits per heavy atom. The summed E-state index contributed by atoms with van der Waals surface area (Å²) in [6.45, 7) is 5.72. The second-order valence-electron chi connectivity index (χ2n) is 3.00. The summed E-state index contributed by atoms with van der Waals surface area (Å²) in [5.74, 6) is 0.555. The summed E-state index contributed by atoms with van der Waals surface area (Å²) in [6.07, 6.45) is 0.104. The second-order valence-corrected chi connectivity index (χ2v) is 3.00. The zero-order chi connectivity index (χ0) is 9.84. The predicted octanol–water partition coefficient (Wildman–Crippen LogP) is 1.21. The average Bonchev–Trinajstić information content (AvgIpc) is 2.49. The van der Waals surface area contributed by atoms with Crippen LogP contribution in [0.1, 0.15) is 19.7 Å². The minimum Gasteiger partial charge on any atom is -0.408 e. The zero-order valence-electron chi connectivity index (χ0n) is 8.37. The number of aromatic nitrogens is 2. The van der Waals surface area contributed by atoms with E-state index in [2.05, 4.69) is 15.5 Å². The fraction of sp³-hybridized carbons (Fsp3) is 0.750. The highest BCUT2D eigenvalue weighted by molar-refractivity contribution is 5.19. The lowest BCUT2D eigenvalue weighted by atomic mass is 10.2. The number of rotatable bonds is 4. The molecule has 0 aromatic carbocycles. The first kappa shape index (κ1) is 9.98. The van der Waals surface area contributed by atoms with Gasteiger partial charge in [-0.25, -0.2) is 0 Å². The van der Waals surface area contributed by atoms with E-state index in [0.717, 1.165) is 0 Å². The van der Waals surface area contributed by atoms with Gasteiger partial charge in [0.05, 0.1) is 12.1 Å². The van der Waals surface area contributed by atoms with Crippen LogP contribution >= 0.6 is 0 Å². The van der Waals surface area contributed by atoms with Gasteiger partial charge in [-0.2, -0.15) is 0 Å². The molecule has 0 radical (unpaired) electrons. The van der Waals surface area contributed by atoms with Gasteiger partial charge in [0.15, 0.2) is 0 Å². The van der Waals surface area contributed by atoms with Crippen LogP contribution in [0.25, 0.3) is 0 Å². The molecule has 0 amide bonds. The molecule has 1 heterocycles. The lowest BCUT2D eigenvalue weighted by Crippen LogP contribution is -2.29. The molecule has 5 nitrogen and oxygen atoms in total. The molecule has 1 unspecified atom stereocenters. The zero-order valence-corrected chi connectivity index (χ0v) is 8.37. The SMILES string of the molecule is COC(C)[C@@H](C)Nc1nnc(C)o1. The Kier molecular flexibility index (Phi) is 3.25. The number of nitrogens with one attached hydrogen (secondary N) is 1. The summed E-state index contributed by atoms with van der Waals surface area (Å²) >= 11 is 0. The van der Waals surface area contributed by atoms with E-state index in [9.17, 15) is 0 Å². The van der Waals surface area contributed by atoms with Crippen LogP contribution in [-0.4, -0.2) is 29.5 Å². The van der Waals surface area contributed by atoms with Gasteiger partial charge in [-0.15, -0.1) is 5.10 Å². The number of hydrogen-bond acceptors (Lipinski definition) is 5. The molecule has 1 aromatic heterocycles. The van der Waals surface area contributed by atoms with Gasteiger partial charge in [0, 0.05) is 14.0 Å². The molecule has 0 aliphatic heterocycles. The highest BCUT2D eigenvalue weighted by Crippen LogP contribution is 2.08. The van der Waals surface area contributed by atoms with Gasteiger partial charge in [0.2, 0.25) is 5.89 Å². The van der Waals surface area contributed by atoms with E-state index < -0.39 is 0 Å². The Balaban J connectivity index is 2.49. The maximum Gasteiger partial charge on any atom is 0.315 e. The third-order valence-corrected chi connectivity index (χ3v) is 1.95. The number of anilines is 1. The first-order chi connectivity index (χ1) is 6.13. The molecule has 0 fully saturated rings. The molecule has 1 aromatic rings. The predicted molar refractivity (Wildman–Crippen MR) is 48.6 cm³/mol. The quantitative estimate of drug-likeness (QED) is 0.764. The topological polar surface area (TPSA) is 60.2 Å². The average molecular weight is 185 g/mol. The van der Waals surface area contributed by atoms with E-state index in [1.807, 2.05) is 13.8 Å². The van der Waals surface area contributed by atoms with Crippen LogP contribution in [0, 0.1) is 6.92 Å². The van der Waals surface area contributed by atoms with Crippen molar-refractivity contribution in [1.82, 2.24) is 10.2 Å². The molecular weight excluding hydrogens is 170 g/mol. The monoisotopic (exact) mass is 185 g/mol. The molecule has 0 bridgehead atoms. The first-order valence-corrected chi connectivity index (χ1v) is 4.23. The minimum absolute atomic E-state index is 0.104. The van der Waals surface area contributed by atoms with Gasteiger partial charge in [-0.05, 0) is 13.8 Å². The van der Waals surface area contributed by atoms with Crippen LogP contribution in [-0.2, 0) is 4.74 Å². The first-order valence-electron chi connectivity index (χ1n) is 4.23. The fourth-order valence-corrected chi connectivity index (χ4v) is 0.871. The molecule has 5 heteroatoms. The fourth-order valence-electron chi connectivity index (χ4n) is 0.871. The van der Waals surface area contributed by atoms with Crippen molar-refractivity contribution in [1.29, 1.82) is 0 Å². The number of aryl methyl sites for hydroxylation is 1. The van der Waals surface area contributed by atoms with Gasteiger partial charge in [0.25, 0.3) is 0 Å². The number of nitrogens with zero attached hydrogens (tertiary/aromatic N) is 2. The van der Waals surface area contributed by atoms with Crippen molar-refractivity contribution >= 4 is 6.01 Å². The number of methoxy groups -OCH3 is 1. The Bertz CT molecular complexity index is 262. The third-order valence-electron chi connectivity index (χ3n) is 1.95. The van der Waals surface area contributed by atoms with Crippen molar-refractivity contribution in [2.45, 2.75) is 32.9 Å². The molecule has 0 saturated carbocycles. The largest absolute Gasteiger partial charge is 0.408 e. The van der Waals surface area contributed by atoms with Crippen LogP contribution in [0.5, 0.6) is 0 Å². The Morgan fingerprint density at radius 1 is 1.38 bits per heavy atom. The van der Waals surface area contributed by atoms with E-state index in [4.69, 9.17) is 9.15 Å². The lowest BCUT2D eigenvalue weighted by molar-refractivity contribution is 0.105. The summed E-state index contributed by atoms with van der Waals surface area (Å²) in [4.78, 5) is 0. The normalized spacial score (nSPS) is 15.4. The molecule has 0 saturated heterocycles. The Hall–Kier alpha value is -1.10. The Labute approximate surface area is 77.5 Å². The molecule has 1 rings (SSSR count). The minimum atomic E-state index is 0.104. The van der Waals surface area contributed by atoms with Crippen molar-refractivity contribution in [3.05, 3.63) is 5.89 Å². The molecule has 0 spiro atoms. The van der Waals surface area contributed by atoms with E-state index in [1.165, 1.54) is 0 Å². The van der Waals surface area contributed by atoms with Gasteiger partial charge < -0.3 is 14.5 Å². The van der Waals surface area contributed by atoms with Crippen LogP contribution in [0.2, 0.25) is 0 Å². The standard InChI is InChI=1S/C8H15N3O2/c1-5(6(2)12-4)9-8-11-10-7(3)13-8/h5-6H,1-4H3,(H,9,11)/t5-,6?/m1/s1. The molecule has 74 valence electrons. The maximum atomic E-state index is 5.16. The maximum absolute atomic E-state index is 5.16. The van der Waals surface area contributed by atoms with Crippen molar-refractivity contribution in [2.75, 3.05) is 12.4 Å². The molecule has 13 heavy (non-hydrogen) atoms. The molecule has 1 N–H and O–H groups in total. The third kappa shape index (κ3) is 2.69. The van der Waals surface area contributed by atoms with E-state index in [-0.39, 0.29) is 12.1 Å². The summed E-state index contributed by atoms with van der Waals surface area (Å²) in [7, 11) is 1.67. The van der Waals surface area contributed by atoms with Gasteiger partial charge >= 0.3 is 6.01 Å². The summed E-state index contributed by atoms with van der Waals surface area (Å²) in [5.41, 5.74) is 0. The lowest BCUT2D eigenvalue weighted by Gasteiger charge is -2.17. The summed E-state index contributed by atoms with van der Waals surface area (Å²) in [5, 5.41) is 10.6. The van der Waals surface area contributed by atoms with Crippen LogP contribution in [0.3, 0.4) is 0 Å². The smallest absolute Gasteiger partial charge is 0.315 e. The summed E-state index contributed by atoms with van der Waals surface area (Å²) < 4.78 is 10.3. The highest BCUT2D eigenvalue weighted by Gasteiger charge is 2.13. The molecule has 0 aliphatic rings. The molecule has 2 atom stereocenters. The van der Waals surface area contributed by atoms with Crippen LogP contribution in [0.4, 0.5) is 6.01 Å². The second kappa shape index (κ2) is 4.23. The van der Waals surface area contributed by atoms with E-state index in [0.29, 0.717) is 11.9 Å². The van der Waals surface area contributed by atoms with Gasteiger partial charge in [0.1, 0.15) is 0 Å². The summed E-state index contributed by atoms with van der Waals surface area (Å²) in [6, 6.07) is 0.582.